The monoisotopic (exact) mass is 479 g/mol. The van der Waals surface area contributed by atoms with Gasteiger partial charge in [-0.2, -0.15) is 0 Å². The molecule has 2 aromatic carbocycles. The Balaban J connectivity index is 1.71. The van der Waals surface area contributed by atoms with E-state index in [4.69, 9.17) is 14.2 Å². The third-order valence-electron chi connectivity index (χ3n) is 6.93. The van der Waals surface area contributed by atoms with Gasteiger partial charge in [-0.3, -0.25) is 9.59 Å². The Hall–Kier alpha value is -3.72. The Morgan fingerprint density at radius 1 is 1.06 bits per heavy atom. The molecule has 0 spiro atoms. The van der Waals surface area contributed by atoms with Crippen LogP contribution in [0.3, 0.4) is 0 Å². The van der Waals surface area contributed by atoms with E-state index in [1.54, 1.807) is 31.1 Å². The Labute approximate surface area is 203 Å². The molecule has 2 aliphatic heterocycles. The third-order valence-corrected chi connectivity index (χ3v) is 6.93. The van der Waals surface area contributed by atoms with E-state index in [-0.39, 0.29) is 25.0 Å². The van der Waals surface area contributed by atoms with Gasteiger partial charge in [-0.15, -0.1) is 0 Å². The maximum atomic E-state index is 13.6. The molecule has 1 saturated heterocycles. The van der Waals surface area contributed by atoms with Crippen LogP contribution >= 0.6 is 0 Å². The molecule has 184 valence electrons. The molecule has 2 N–H and O–H groups in total. The van der Waals surface area contributed by atoms with Gasteiger partial charge in [-0.05, 0) is 35.7 Å². The number of piperazine rings is 1. The van der Waals surface area contributed by atoms with Crippen LogP contribution in [0.15, 0.2) is 36.4 Å². The highest BCUT2D eigenvalue weighted by Gasteiger charge is 2.48. The molecule has 9 heteroatoms. The van der Waals surface area contributed by atoms with Crippen molar-refractivity contribution in [3.63, 3.8) is 0 Å². The minimum atomic E-state index is -0.647. The van der Waals surface area contributed by atoms with Gasteiger partial charge in [-0.25, -0.2) is 0 Å². The number of methoxy groups -OCH3 is 3. The van der Waals surface area contributed by atoms with Crippen molar-refractivity contribution in [2.75, 3.05) is 41.0 Å². The standard InChI is InChI=1S/C26H29N3O6/c1-33-20-11-15(12-21(34-2)25(20)35-3)24-23-17(16-7-4-5-8-18(16)27-23)13-19-26(32)28(9-6-10-30)14-22(31)29(19)24/h4-5,7-8,11-12,19,24,27,30H,6,9-10,13-14H2,1-3H3/t19-,24-/m0/s1. The zero-order valence-electron chi connectivity index (χ0n) is 20.0. The molecule has 35 heavy (non-hydrogen) atoms. The largest absolute Gasteiger partial charge is 0.493 e. The van der Waals surface area contributed by atoms with Crippen LogP contribution < -0.4 is 14.2 Å². The summed E-state index contributed by atoms with van der Waals surface area (Å²) in [7, 11) is 4.64. The molecule has 0 saturated carbocycles. The van der Waals surface area contributed by atoms with Crippen molar-refractivity contribution in [3.05, 3.63) is 53.2 Å². The maximum Gasteiger partial charge on any atom is 0.246 e. The van der Waals surface area contributed by atoms with Gasteiger partial charge in [0.15, 0.2) is 11.5 Å². The quantitative estimate of drug-likeness (QED) is 0.539. The van der Waals surface area contributed by atoms with Gasteiger partial charge < -0.3 is 34.1 Å². The van der Waals surface area contributed by atoms with E-state index < -0.39 is 12.1 Å². The second kappa shape index (κ2) is 9.14. The van der Waals surface area contributed by atoms with E-state index in [1.807, 2.05) is 36.4 Å². The molecular formula is C26H29N3O6. The van der Waals surface area contributed by atoms with Gasteiger partial charge in [-0.1, -0.05) is 18.2 Å². The van der Waals surface area contributed by atoms with E-state index >= 15 is 0 Å². The maximum absolute atomic E-state index is 13.6. The summed E-state index contributed by atoms with van der Waals surface area (Å²) in [5.41, 5.74) is 3.60. The number of H-pyrrole nitrogens is 1. The van der Waals surface area contributed by atoms with Crippen molar-refractivity contribution in [3.8, 4) is 17.2 Å². The minimum Gasteiger partial charge on any atom is -0.493 e. The summed E-state index contributed by atoms with van der Waals surface area (Å²) in [5.74, 6) is 1.16. The van der Waals surface area contributed by atoms with E-state index in [0.29, 0.717) is 36.6 Å². The fourth-order valence-corrected chi connectivity index (χ4v) is 5.38. The number of amides is 2. The van der Waals surface area contributed by atoms with Gasteiger partial charge in [0.2, 0.25) is 17.6 Å². The molecule has 0 bridgehead atoms. The first-order chi connectivity index (χ1) is 17.0. The number of nitrogens with one attached hydrogen (secondary N) is 1. The van der Waals surface area contributed by atoms with Crippen molar-refractivity contribution in [2.24, 2.45) is 0 Å². The summed E-state index contributed by atoms with van der Waals surface area (Å²) < 4.78 is 16.7. The Bertz CT molecular complexity index is 1260. The summed E-state index contributed by atoms with van der Waals surface area (Å²) in [4.78, 5) is 33.9. The van der Waals surface area contributed by atoms with Crippen molar-refractivity contribution < 1.29 is 28.9 Å². The normalized spacial score (nSPS) is 19.5. The number of rotatable bonds is 7. The van der Waals surface area contributed by atoms with Crippen LogP contribution in [0, 0.1) is 0 Å². The molecule has 0 unspecified atom stereocenters. The summed E-state index contributed by atoms with van der Waals surface area (Å²) in [6.45, 7) is 0.292. The van der Waals surface area contributed by atoms with Crippen molar-refractivity contribution in [1.82, 2.24) is 14.8 Å². The highest BCUT2D eigenvalue weighted by molar-refractivity contribution is 5.97. The topological polar surface area (TPSA) is 104 Å². The molecule has 2 aliphatic rings. The fourth-order valence-electron chi connectivity index (χ4n) is 5.38. The number of para-hydroxylation sites is 1. The number of hydrogen-bond donors (Lipinski definition) is 2. The number of aliphatic hydroxyl groups is 1. The van der Waals surface area contributed by atoms with E-state index in [1.165, 1.54) is 0 Å². The van der Waals surface area contributed by atoms with Crippen LogP contribution in [0.25, 0.3) is 10.9 Å². The predicted octanol–water partition coefficient (Wildman–Crippen LogP) is 2.26. The number of nitrogens with zero attached hydrogens (tertiary/aromatic N) is 2. The van der Waals surface area contributed by atoms with Crippen LogP contribution in [0.5, 0.6) is 17.2 Å². The average molecular weight is 480 g/mol. The first-order valence-electron chi connectivity index (χ1n) is 11.6. The molecular weight excluding hydrogens is 450 g/mol. The second-order valence-electron chi connectivity index (χ2n) is 8.78. The molecule has 1 fully saturated rings. The van der Waals surface area contributed by atoms with Crippen molar-refractivity contribution in [2.45, 2.75) is 24.9 Å². The van der Waals surface area contributed by atoms with E-state index in [9.17, 15) is 14.7 Å². The highest BCUT2D eigenvalue weighted by atomic mass is 16.5. The number of benzene rings is 2. The molecule has 0 aliphatic carbocycles. The number of ether oxygens (including phenoxy) is 3. The van der Waals surface area contributed by atoms with Gasteiger partial charge in [0.05, 0.1) is 33.9 Å². The molecule has 2 amide bonds. The lowest BCUT2D eigenvalue weighted by molar-refractivity contribution is -0.158. The lowest BCUT2D eigenvalue weighted by Gasteiger charge is -2.47. The minimum absolute atomic E-state index is 0.0220. The molecule has 3 heterocycles. The number of carbonyl (C=O) groups is 2. The number of aliphatic hydroxyl groups excluding tert-OH is 1. The van der Waals surface area contributed by atoms with Crippen LogP contribution in [0.4, 0.5) is 0 Å². The second-order valence-corrected chi connectivity index (χ2v) is 8.78. The van der Waals surface area contributed by atoms with Crippen LogP contribution in [0.2, 0.25) is 0 Å². The summed E-state index contributed by atoms with van der Waals surface area (Å²) in [5, 5.41) is 10.3. The Morgan fingerprint density at radius 2 is 1.77 bits per heavy atom. The van der Waals surface area contributed by atoms with Crippen molar-refractivity contribution in [1.29, 1.82) is 0 Å². The molecule has 2 atom stereocenters. The predicted molar refractivity (Wildman–Crippen MR) is 129 cm³/mol. The van der Waals surface area contributed by atoms with Gasteiger partial charge in [0.25, 0.3) is 0 Å². The summed E-state index contributed by atoms with van der Waals surface area (Å²) in [6, 6.07) is 10.4. The number of aromatic nitrogens is 1. The zero-order chi connectivity index (χ0) is 24.7. The van der Waals surface area contributed by atoms with Gasteiger partial charge in [0.1, 0.15) is 6.04 Å². The van der Waals surface area contributed by atoms with Crippen LogP contribution in [-0.4, -0.2) is 78.8 Å². The first-order valence-corrected chi connectivity index (χ1v) is 11.6. The molecule has 5 rings (SSSR count). The lowest BCUT2D eigenvalue weighted by atomic mass is 9.86. The van der Waals surface area contributed by atoms with Crippen LogP contribution in [0.1, 0.15) is 29.3 Å². The molecule has 9 nitrogen and oxygen atoms in total. The molecule has 1 aromatic heterocycles. The Kier molecular flexibility index (Phi) is 6.02. The first kappa shape index (κ1) is 23.0. The number of hydrogen-bond acceptors (Lipinski definition) is 6. The van der Waals surface area contributed by atoms with Gasteiger partial charge in [0, 0.05) is 36.2 Å². The Morgan fingerprint density at radius 3 is 2.43 bits per heavy atom. The van der Waals surface area contributed by atoms with Crippen LogP contribution in [-0.2, 0) is 16.0 Å². The smallest absolute Gasteiger partial charge is 0.246 e. The fraction of sp³-hybridized carbons (Fsp3) is 0.385. The molecule has 3 aromatic rings. The lowest BCUT2D eigenvalue weighted by Crippen LogP contribution is -2.63. The number of fused-ring (bicyclic) bond motifs is 4. The van der Waals surface area contributed by atoms with Gasteiger partial charge >= 0.3 is 0 Å². The summed E-state index contributed by atoms with van der Waals surface area (Å²) in [6.07, 6.45) is 0.848. The average Bonchev–Trinajstić information content (AvgIpc) is 3.26. The van der Waals surface area contributed by atoms with E-state index in [0.717, 1.165) is 27.7 Å². The zero-order valence-corrected chi connectivity index (χ0v) is 20.0. The van der Waals surface area contributed by atoms with Crippen molar-refractivity contribution >= 4 is 22.7 Å². The SMILES string of the molecule is COc1cc([C@H]2c3[nH]c4ccccc4c3C[C@H]3C(=O)N(CCCO)CC(=O)N23)cc(OC)c1OC. The highest BCUT2D eigenvalue weighted by Crippen LogP contribution is 2.46. The summed E-state index contributed by atoms with van der Waals surface area (Å²) >= 11 is 0. The third kappa shape index (κ3) is 3.67. The number of aromatic amines is 1. The van der Waals surface area contributed by atoms with E-state index in [2.05, 4.69) is 4.98 Å². The molecule has 0 radical (unpaired) electrons. The number of carbonyl (C=O) groups excluding carboxylic acids is 2.